The van der Waals surface area contributed by atoms with Gasteiger partial charge in [0.2, 0.25) is 0 Å². The summed E-state index contributed by atoms with van der Waals surface area (Å²) >= 11 is 0. The largest absolute Gasteiger partial charge is 0.374 e. The SMILES string of the molecule is CCNCCOCc1cccc(C)n1. The zero-order valence-electron chi connectivity index (χ0n) is 8.92. The molecule has 1 heterocycles. The van der Waals surface area contributed by atoms with Crippen molar-refractivity contribution in [3.8, 4) is 0 Å². The molecule has 1 aromatic rings. The number of hydrogen-bond donors (Lipinski definition) is 1. The fraction of sp³-hybridized carbons (Fsp3) is 0.545. The van der Waals surface area contributed by atoms with Gasteiger partial charge in [0.05, 0.1) is 18.9 Å². The second-order valence-corrected chi connectivity index (χ2v) is 3.18. The molecule has 78 valence electrons. The van der Waals surface area contributed by atoms with Crippen molar-refractivity contribution in [2.75, 3.05) is 19.7 Å². The molecule has 0 amide bonds. The molecular weight excluding hydrogens is 176 g/mol. The summed E-state index contributed by atoms with van der Waals surface area (Å²) < 4.78 is 5.45. The van der Waals surface area contributed by atoms with Crippen LogP contribution in [-0.4, -0.2) is 24.7 Å². The average Bonchev–Trinajstić information content (AvgIpc) is 2.18. The maximum atomic E-state index is 5.45. The minimum absolute atomic E-state index is 0.604. The Balaban J connectivity index is 2.18. The Morgan fingerprint density at radius 1 is 1.43 bits per heavy atom. The lowest BCUT2D eigenvalue weighted by atomic mass is 10.3. The summed E-state index contributed by atoms with van der Waals surface area (Å²) in [6.07, 6.45) is 0. The van der Waals surface area contributed by atoms with Crippen LogP contribution in [0.25, 0.3) is 0 Å². The number of hydrogen-bond acceptors (Lipinski definition) is 3. The first-order valence-corrected chi connectivity index (χ1v) is 5.04. The van der Waals surface area contributed by atoms with E-state index in [1.54, 1.807) is 0 Å². The summed E-state index contributed by atoms with van der Waals surface area (Å²) in [6.45, 7) is 7.31. The highest BCUT2D eigenvalue weighted by Gasteiger charge is 1.94. The Labute approximate surface area is 85.5 Å². The van der Waals surface area contributed by atoms with E-state index >= 15 is 0 Å². The molecule has 0 unspecified atom stereocenters. The van der Waals surface area contributed by atoms with Crippen molar-refractivity contribution in [3.05, 3.63) is 29.6 Å². The fourth-order valence-electron chi connectivity index (χ4n) is 1.18. The molecule has 1 N–H and O–H groups in total. The van der Waals surface area contributed by atoms with Gasteiger partial charge in [-0.2, -0.15) is 0 Å². The van der Waals surface area contributed by atoms with Crippen LogP contribution in [0.15, 0.2) is 18.2 Å². The van der Waals surface area contributed by atoms with Crippen LogP contribution < -0.4 is 5.32 Å². The zero-order valence-corrected chi connectivity index (χ0v) is 8.92. The van der Waals surface area contributed by atoms with Gasteiger partial charge < -0.3 is 10.1 Å². The Kier molecular flexibility index (Phi) is 5.19. The number of pyridine rings is 1. The van der Waals surface area contributed by atoms with Crippen LogP contribution in [-0.2, 0) is 11.3 Å². The Morgan fingerprint density at radius 2 is 2.29 bits per heavy atom. The van der Waals surface area contributed by atoms with Crippen LogP contribution >= 0.6 is 0 Å². The minimum Gasteiger partial charge on any atom is -0.374 e. The molecule has 1 rings (SSSR count). The van der Waals surface area contributed by atoms with Crippen LogP contribution in [0.3, 0.4) is 0 Å². The Hall–Kier alpha value is -0.930. The van der Waals surface area contributed by atoms with Crippen molar-refractivity contribution in [1.82, 2.24) is 10.3 Å². The molecule has 0 saturated heterocycles. The van der Waals surface area contributed by atoms with Crippen molar-refractivity contribution in [1.29, 1.82) is 0 Å². The van der Waals surface area contributed by atoms with Gasteiger partial charge in [0.15, 0.2) is 0 Å². The number of aromatic nitrogens is 1. The van der Waals surface area contributed by atoms with Gasteiger partial charge in [-0.15, -0.1) is 0 Å². The Morgan fingerprint density at radius 3 is 3.00 bits per heavy atom. The standard InChI is InChI=1S/C11H18N2O/c1-3-12-7-8-14-9-11-6-4-5-10(2)13-11/h4-6,12H,3,7-9H2,1-2H3. The third-order valence-corrected chi connectivity index (χ3v) is 1.87. The maximum Gasteiger partial charge on any atom is 0.0888 e. The minimum atomic E-state index is 0.604. The van der Waals surface area contributed by atoms with Crippen LogP contribution in [0.5, 0.6) is 0 Å². The zero-order chi connectivity index (χ0) is 10.2. The molecule has 1 aromatic heterocycles. The van der Waals surface area contributed by atoms with Gasteiger partial charge in [0.1, 0.15) is 0 Å². The number of nitrogens with zero attached hydrogens (tertiary/aromatic N) is 1. The molecule has 0 aliphatic carbocycles. The first-order valence-electron chi connectivity index (χ1n) is 5.04. The first kappa shape index (κ1) is 11.1. The summed E-state index contributed by atoms with van der Waals surface area (Å²) in [6, 6.07) is 5.98. The molecule has 0 bridgehead atoms. The smallest absolute Gasteiger partial charge is 0.0888 e. The summed E-state index contributed by atoms with van der Waals surface area (Å²) in [5.74, 6) is 0. The van der Waals surface area contributed by atoms with Crippen LogP contribution in [0.1, 0.15) is 18.3 Å². The van der Waals surface area contributed by atoms with E-state index in [4.69, 9.17) is 4.74 Å². The Bertz CT molecular complexity index is 263. The number of rotatable bonds is 6. The molecule has 3 heteroatoms. The lowest BCUT2D eigenvalue weighted by Gasteiger charge is -2.04. The quantitative estimate of drug-likeness (QED) is 0.697. The van der Waals surface area contributed by atoms with Crippen molar-refractivity contribution in [2.45, 2.75) is 20.5 Å². The third-order valence-electron chi connectivity index (χ3n) is 1.87. The summed E-state index contributed by atoms with van der Waals surface area (Å²) in [7, 11) is 0. The lowest BCUT2D eigenvalue weighted by Crippen LogP contribution is -2.18. The third kappa shape index (κ3) is 4.35. The molecule has 0 atom stereocenters. The van der Waals surface area contributed by atoms with E-state index in [0.29, 0.717) is 6.61 Å². The molecule has 0 radical (unpaired) electrons. The number of nitrogens with one attached hydrogen (secondary N) is 1. The van der Waals surface area contributed by atoms with E-state index in [-0.39, 0.29) is 0 Å². The highest BCUT2D eigenvalue weighted by atomic mass is 16.5. The predicted octanol–water partition coefficient (Wildman–Crippen LogP) is 1.52. The van der Waals surface area contributed by atoms with E-state index in [0.717, 1.165) is 31.1 Å². The number of likely N-dealkylation sites (N-methyl/N-ethyl adjacent to an activating group) is 1. The molecule has 0 fully saturated rings. The normalized spacial score (nSPS) is 10.4. The summed E-state index contributed by atoms with van der Waals surface area (Å²) in [4.78, 5) is 4.35. The van der Waals surface area contributed by atoms with Gasteiger partial charge in [0.25, 0.3) is 0 Å². The highest BCUT2D eigenvalue weighted by molar-refractivity contribution is 5.08. The predicted molar refractivity (Wildman–Crippen MR) is 57.2 cm³/mol. The van der Waals surface area contributed by atoms with Crippen molar-refractivity contribution in [3.63, 3.8) is 0 Å². The molecular formula is C11H18N2O. The summed E-state index contributed by atoms with van der Waals surface area (Å²) in [5.41, 5.74) is 2.04. The van der Waals surface area contributed by atoms with Gasteiger partial charge in [-0.05, 0) is 25.6 Å². The van der Waals surface area contributed by atoms with Gasteiger partial charge in [-0.25, -0.2) is 0 Å². The molecule has 0 aliphatic rings. The van der Waals surface area contributed by atoms with Gasteiger partial charge in [-0.1, -0.05) is 13.0 Å². The lowest BCUT2D eigenvalue weighted by molar-refractivity contribution is 0.120. The topological polar surface area (TPSA) is 34.1 Å². The van der Waals surface area contributed by atoms with E-state index in [1.165, 1.54) is 0 Å². The van der Waals surface area contributed by atoms with E-state index in [9.17, 15) is 0 Å². The van der Waals surface area contributed by atoms with Crippen LogP contribution in [0.4, 0.5) is 0 Å². The average molecular weight is 194 g/mol. The van der Waals surface area contributed by atoms with Gasteiger partial charge in [-0.3, -0.25) is 4.98 Å². The molecule has 14 heavy (non-hydrogen) atoms. The van der Waals surface area contributed by atoms with Crippen LogP contribution in [0.2, 0.25) is 0 Å². The second-order valence-electron chi connectivity index (χ2n) is 3.18. The number of aryl methyl sites for hydroxylation is 1. The van der Waals surface area contributed by atoms with Crippen molar-refractivity contribution < 1.29 is 4.74 Å². The summed E-state index contributed by atoms with van der Waals surface area (Å²) in [5, 5.41) is 3.20. The fourth-order valence-corrected chi connectivity index (χ4v) is 1.18. The van der Waals surface area contributed by atoms with Crippen LogP contribution in [0, 0.1) is 6.92 Å². The first-order chi connectivity index (χ1) is 6.83. The van der Waals surface area contributed by atoms with Crippen molar-refractivity contribution in [2.24, 2.45) is 0 Å². The molecule has 0 aliphatic heterocycles. The molecule has 0 spiro atoms. The number of ether oxygens (including phenoxy) is 1. The maximum absolute atomic E-state index is 5.45. The van der Waals surface area contributed by atoms with E-state index in [2.05, 4.69) is 17.2 Å². The van der Waals surface area contributed by atoms with E-state index < -0.39 is 0 Å². The van der Waals surface area contributed by atoms with E-state index in [1.807, 2.05) is 25.1 Å². The van der Waals surface area contributed by atoms with Crippen molar-refractivity contribution >= 4 is 0 Å². The monoisotopic (exact) mass is 194 g/mol. The second kappa shape index (κ2) is 6.51. The van der Waals surface area contributed by atoms with Gasteiger partial charge >= 0.3 is 0 Å². The molecule has 3 nitrogen and oxygen atoms in total. The molecule has 0 saturated carbocycles. The highest BCUT2D eigenvalue weighted by Crippen LogP contribution is 1.99. The molecule has 0 aromatic carbocycles. The van der Waals surface area contributed by atoms with Gasteiger partial charge in [0, 0.05) is 12.2 Å².